The highest BCUT2D eigenvalue weighted by molar-refractivity contribution is 6.24. The molecule has 0 bridgehead atoms. The van der Waals surface area contributed by atoms with Crippen LogP contribution in [-0.4, -0.2) is 35.8 Å². The number of fused-ring (bicyclic) bond motifs is 5. The molecular formula is C22H19N3O4. The van der Waals surface area contributed by atoms with Crippen LogP contribution in [0.15, 0.2) is 54.7 Å². The molecule has 0 aliphatic carbocycles. The van der Waals surface area contributed by atoms with Crippen molar-refractivity contribution in [1.29, 1.82) is 0 Å². The fourth-order valence-corrected chi connectivity index (χ4v) is 4.93. The molecule has 2 fully saturated rings. The standard InChI is InChI=1S/C22H19N3O4/c1-29-15-9-5-4-8-14(15)25-21(27)16-17(22(25)28)19(20(23)26)24-11-10-12-6-2-3-7-13(12)18(16)24/h2-11,16-19H,1H3,(H2,23,26)/t16-,17+,18-,19+/m0/s1. The first-order chi connectivity index (χ1) is 14.0. The van der Waals surface area contributed by atoms with Crippen molar-refractivity contribution in [3.63, 3.8) is 0 Å². The summed E-state index contributed by atoms with van der Waals surface area (Å²) in [5, 5.41) is 0. The number of primary amides is 1. The lowest BCUT2D eigenvalue weighted by Crippen LogP contribution is -2.46. The van der Waals surface area contributed by atoms with Crippen molar-refractivity contribution >= 4 is 29.5 Å². The molecule has 7 nitrogen and oxygen atoms in total. The van der Waals surface area contributed by atoms with Crippen LogP contribution >= 0.6 is 0 Å². The molecule has 2 aromatic carbocycles. The van der Waals surface area contributed by atoms with E-state index in [1.54, 1.807) is 35.4 Å². The third kappa shape index (κ3) is 2.27. The highest BCUT2D eigenvalue weighted by Crippen LogP contribution is 2.53. The monoisotopic (exact) mass is 389 g/mol. The number of carbonyl (C=O) groups excluding carboxylic acids is 3. The number of ether oxygens (including phenoxy) is 1. The molecule has 4 atom stereocenters. The van der Waals surface area contributed by atoms with Gasteiger partial charge < -0.3 is 15.4 Å². The molecule has 3 amide bonds. The van der Waals surface area contributed by atoms with Gasteiger partial charge in [-0.15, -0.1) is 0 Å². The fourth-order valence-electron chi connectivity index (χ4n) is 4.93. The average Bonchev–Trinajstić information content (AvgIpc) is 3.21. The van der Waals surface area contributed by atoms with Gasteiger partial charge in [-0.2, -0.15) is 0 Å². The number of para-hydroxylation sites is 2. The number of benzene rings is 2. The molecule has 2 aromatic rings. The van der Waals surface area contributed by atoms with E-state index in [0.29, 0.717) is 11.4 Å². The first-order valence-electron chi connectivity index (χ1n) is 9.39. The molecule has 5 rings (SSSR count). The maximum atomic E-state index is 13.5. The molecule has 2 N–H and O–H groups in total. The Morgan fingerprint density at radius 2 is 1.69 bits per heavy atom. The van der Waals surface area contributed by atoms with Gasteiger partial charge in [-0.25, -0.2) is 4.90 Å². The third-order valence-electron chi connectivity index (χ3n) is 6.08. The molecule has 0 spiro atoms. The highest BCUT2D eigenvalue weighted by Gasteiger charge is 2.64. The lowest BCUT2D eigenvalue weighted by atomic mass is 9.84. The van der Waals surface area contributed by atoms with Gasteiger partial charge in [0.15, 0.2) is 0 Å². The van der Waals surface area contributed by atoms with Crippen molar-refractivity contribution < 1.29 is 19.1 Å². The molecule has 0 radical (unpaired) electrons. The van der Waals surface area contributed by atoms with E-state index in [-0.39, 0.29) is 5.91 Å². The van der Waals surface area contributed by atoms with Gasteiger partial charge in [0.2, 0.25) is 17.7 Å². The second-order valence-corrected chi connectivity index (χ2v) is 7.42. The van der Waals surface area contributed by atoms with Crippen molar-refractivity contribution in [2.45, 2.75) is 12.1 Å². The molecule has 3 heterocycles. The number of hydrogen-bond donors (Lipinski definition) is 1. The number of methoxy groups -OCH3 is 1. The van der Waals surface area contributed by atoms with Gasteiger partial charge in [0.05, 0.1) is 30.7 Å². The van der Waals surface area contributed by atoms with Gasteiger partial charge in [-0.05, 0) is 29.3 Å². The number of carbonyl (C=O) groups is 3. The van der Waals surface area contributed by atoms with Gasteiger partial charge in [-0.3, -0.25) is 14.4 Å². The molecule has 0 saturated carbocycles. The Morgan fingerprint density at radius 3 is 2.45 bits per heavy atom. The van der Waals surface area contributed by atoms with Gasteiger partial charge >= 0.3 is 0 Å². The number of nitrogens with zero attached hydrogens (tertiary/aromatic N) is 2. The Balaban J connectivity index is 1.66. The second-order valence-electron chi connectivity index (χ2n) is 7.42. The van der Waals surface area contributed by atoms with Crippen LogP contribution in [0.5, 0.6) is 5.75 Å². The molecule has 3 aliphatic heterocycles. The average molecular weight is 389 g/mol. The topological polar surface area (TPSA) is 92.9 Å². The Kier molecular flexibility index (Phi) is 3.74. The summed E-state index contributed by atoms with van der Waals surface area (Å²) in [6.07, 6.45) is 3.66. The van der Waals surface area contributed by atoms with Crippen LogP contribution < -0.4 is 15.4 Å². The summed E-state index contributed by atoms with van der Waals surface area (Å²) in [4.78, 5) is 42.3. The smallest absolute Gasteiger partial charge is 0.240 e. The van der Waals surface area contributed by atoms with Gasteiger partial charge in [0.1, 0.15) is 11.8 Å². The summed E-state index contributed by atoms with van der Waals surface area (Å²) in [5.74, 6) is -2.50. The lowest BCUT2D eigenvalue weighted by Gasteiger charge is -2.34. The SMILES string of the molecule is COc1ccccc1N1C(=O)[C@@H]2[C@H](C1=O)[C@@H]1c3ccccc3C=CN1[C@H]2C(N)=O. The van der Waals surface area contributed by atoms with E-state index in [1.165, 1.54) is 7.11 Å². The number of anilines is 1. The predicted molar refractivity (Wildman–Crippen MR) is 106 cm³/mol. The van der Waals surface area contributed by atoms with E-state index in [0.717, 1.165) is 16.0 Å². The molecule has 0 aromatic heterocycles. The summed E-state index contributed by atoms with van der Waals surface area (Å²) in [5.41, 5.74) is 7.97. The Hall–Kier alpha value is -3.61. The van der Waals surface area contributed by atoms with E-state index < -0.39 is 35.7 Å². The molecule has 146 valence electrons. The number of imide groups is 1. The molecule has 3 aliphatic rings. The van der Waals surface area contributed by atoms with E-state index in [1.807, 2.05) is 30.3 Å². The van der Waals surface area contributed by atoms with Crippen molar-refractivity contribution in [2.75, 3.05) is 12.0 Å². The van der Waals surface area contributed by atoms with Crippen LogP contribution in [0.2, 0.25) is 0 Å². The maximum Gasteiger partial charge on any atom is 0.240 e. The Bertz CT molecular complexity index is 1080. The van der Waals surface area contributed by atoms with Crippen LogP contribution in [0, 0.1) is 11.8 Å². The minimum Gasteiger partial charge on any atom is -0.495 e. The Labute approximate surface area is 167 Å². The number of amides is 3. The second kappa shape index (κ2) is 6.20. The first kappa shape index (κ1) is 17.5. The molecule has 0 unspecified atom stereocenters. The zero-order chi connectivity index (χ0) is 20.3. The molecular weight excluding hydrogens is 370 g/mol. The zero-order valence-corrected chi connectivity index (χ0v) is 15.7. The van der Waals surface area contributed by atoms with E-state index >= 15 is 0 Å². The largest absolute Gasteiger partial charge is 0.495 e. The summed E-state index contributed by atoms with van der Waals surface area (Å²) in [7, 11) is 1.49. The third-order valence-corrected chi connectivity index (χ3v) is 6.08. The summed E-state index contributed by atoms with van der Waals surface area (Å²) in [6, 6.07) is 13.3. The van der Waals surface area contributed by atoms with Gasteiger partial charge in [0, 0.05) is 6.20 Å². The molecule has 2 saturated heterocycles. The maximum absolute atomic E-state index is 13.5. The van der Waals surface area contributed by atoms with E-state index in [4.69, 9.17) is 10.5 Å². The van der Waals surface area contributed by atoms with Crippen molar-refractivity contribution in [3.8, 4) is 5.75 Å². The summed E-state index contributed by atoms with van der Waals surface area (Å²) < 4.78 is 5.35. The fraction of sp³-hybridized carbons (Fsp3) is 0.227. The quantitative estimate of drug-likeness (QED) is 0.807. The van der Waals surface area contributed by atoms with Crippen LogP contribution in [0.1, 0.15) is 17.2 Å². The van der Waals surface area contributed by atoms with Gasteiger partial charge in [0.25, 0.3) is 0 Å². The minimum atomic E-state index is -0.884. The summed E-state index contributed by atoms with van der Waals surface area (Å²) >= 11 is 0. The van der Waals surface area contributed by atoms with Crippen LogP contribution in [-0.2, 0) is 14.4 Å². The Morgan fingerprint density at radius 1 is 1.00 bits per heavy atom. The lowest BCUT2D eigenvalue weighted by molar-refractivity contribution is -0.129. The van der Waals surface area contributed by atoms with Crippen LogP contribution in [0.3, 0.4) is 0 Å². The summed E-state index contributed by atoms with van der Waals surface area (Å²) in [6.45, 7) is 0. The molecule has 7 heteroatoms. The predicted octanol–water partition coefficient (Wildman–Crippen LogP) is 1.70. The first-order valence-corrected chi connectivity index (χ1v) is 9.39. The number of nitrogens with two attached hydrogens (primary N) is 1. The highest BCUT2D eigenvalue weighted by atomic mass is 16.5. The van der Waals surface area contributed by atoms with Gasteiger partial charge in [-0.1, -0.05) is 36.4 Å². The van der Waals surface area contributed by atoms with Crippen LogP contribution in [0.4, 0.5) is 5.69 Å². The number of rotatable bonds is 3. The normalized spacial score (nSPS) is 26.9. The van der Waals surface area contributed by atoms with Crippen LogP contribution in [0.25, 0.3) is 6.08 Å². The number of hydrogen-bond acceptors (Lipinski definition) is 5. The minimum absolute atomic E-state index is 0.339. The molecule has 29 heavy (non-hydrogen) atoms. The zero-order valence-electron chi connectivity index (χ0n) is 15.7. The van der Waals surface area contributed by atoms with Crippen molar-refractivity contribution in [1.82, 2.24) is 4.90 Å². The van der Waals surface area contributed by atoms with E-state index in [9.17, 15) is 14.4 Å². The van der Waals surface area contributed by atoms with Crippen molar-refractivity contribution in [2.24, 2.45) is 17.6 Å². The van der Waals surface area contributed by atoms with E-state index in [2.05, 4.69) is 0 Å². The van der Waals surface area contributed by atoms with Crippen molar-refractivity contribution in [3.05, 3.63) is 65.9 Å².